The molecule has 0 spiro atoms. The van der Waals surface area contributed by atoms with E-state index in [1.807, 2.05) is 32.8 Å². The molecule has 10 heavy (non-hydrogen) atoms. The Kier molecular flexibility index (Phi) is 5.58. The summed E-state index contributed by atoms with van der Waals surface area (Å²) in [5, 5.41) is 0. The Balaban J connectivity index is 3.13. The van der Waals surface area contributed by atoms with Crippen LogP contribution in [0.15, 0.2) is 0 Å². The monoisotopic (exact) mass is 147 g/mol. The predicted molar refractivity (Wildman–Crippen MR) is 40.5 cm³/mol. The Morgan fingerprint density at radius 1 is 1.40 bits per heavy atom. The van der Waals surface area contributed by atoms with E-state index in [9.17, 15) is 0 Å². The second kappa shape index (κ2) is 5.65. The Morgan fingerprint density at radius 3 is 2.40 bits per heavy atom. The van der Waals surface area contributed by atoms with Gasteiger partial charge in [0.05, 0.1) is 6.61 Å². The van der Waals surface area contributed by atoms with E-state index in [0.717, 1.165) is 6.42 Å². The van der Waals surface area contributed by atoms with E-state index < -0.39 is 0 Å². The minimum absolute atomic E-state index is 0.0338. The average Bonchev–Trinajstić information content (AvgIpc) is 1.88. The molecular formula is C7H17NO2. The summed E-state index contributed by atoms with van der Waals surface area (Å²) in [5.74, 6) is 0. The minimum atomic E-state index is 0.0338. The van der Waals surface area contributed by atoms with E-state index in [4.69, 9.17) is 9.78 Å². The van der Waals surface area contributed by atoms with Crippen LogP contribution in [0.4, 0.5) is 0 Å². The fourth-order valence-electron chi connectivity index (χ4n) is 0.316. The maximum absolute atomic E-state index is 4.97. The van der Waals surface area contributed by atoms with Crippen molar-refractivity contribution in [2.45, 2.75) is 26.5 Å². The van der Waals surface area contributed by atoms with Gasteiger partial charge in [-0.05, 0) is 27.4 Å². The number of hydrogen-bond donors (Lipinski definition) is 0. The largest absolute Gasteiger partial charge is 0.282 e. The van der Waals surface area contributed by atoms with Crippen LogP contribution in [0.3, 0.4) is 0 Å². The van der Waals surface area contributed by atoms with Gasteiger partial charge in [0.1, 0.15) is 6.23 Å². The van der Waals surface area contributed by atoms with Crippen LogP contribution in [0, 0.1) is 0 Å². The van der Waals surface area contributed by atoms with Gasteiger partial charge in [0.15, 0.2) is 0 Å². The summed E-state index contributed by atoms with van der Waals surface area (Å²) in [7, 11) is 3.89. The zero-order chi connectivity index (χ0) is 7.98. The van der Waals surface area contributed by atoms with Gasteiger partial charge in [-0.1, -0.05) is 6.92 Å². The number of nitrogens with zero attached hydrogens (tertiary/aromatic N) is 1. The Morgan fingerprint density at radius 2 is 2.00 bits per heavy atom. The molecule has 62 valence electrons. The molecule has 0 bridgehead atoms. The average molecular weight is 147 g/mol. The first-order chi connectivity index (χ1) is 4.68. The van der Waals surface area contributed by atoms with E-state index in [0.29, 0.717) is 6.61 Å². The third kappa shape index (κ3) is 4.73. The van der Waals surface area contributed by atoms with Gasteiger partial charge in [-0.3, -0.25) is 4.90 Å². The maximum Gasteiger partial charge on any atom is 0.142 e. The third-order valence-corrected chi connectivity index (χ3v) is 1.22. The zero-order valence-corrected chi connectivity index (χ0v) is 7.26. The SMILES string of the molecule is CCCOOC(C)N(C)C. The molecule has 1 unspecified atom stereocenters. The first-order valence-corrected chi connectivity index (χ1v) is 3.63. The standard InChI is InChI=1S/C7H17NO2/c1-5-6-9-10-7(2)8(3)4/h7H,5-6H2,1-4H3. The van der Waals surface area contributed by atoms with Crippen molar-refractivity contribution in [2.75, 3.05) is 20.7 Å². The summed E-state index contributed by atoms with van der Waals surface area (Å²) in [4.78, 5) is 11.8. The highest BCUT2D eigenvalue weighted by molar-refractivity contribution is 4.38. The highest BCUT2D eigenvalue weighted by Crippen LogP contribution is 1.94. The molecule has 0 aliphatic carbocycles. The lowest BCUT2D eigenvalue weighted by Gasteiger charge is -2.18. The molecule has 0 saturated heterocycles. The molecule has 0 fully saturated rings. The predicted octanol–water partition coefficient (Wildman–Crippen LogP) is 1.25. The van der Waals surface area contributed by atoms with Crippen molar-refractivity contribution in [2.24, 2.45) is 0 Å². The molecule has 1 atom stereocenters. The molecule has 0 aromatic heterocycles. The van der Waals surface area contributed by atoms with Gasteiger partial charge >= 0.3 is 0 Å². The Hall–Kier alpha value is -0.120. The quantitative estimate of drug-likeness (QED) is 0.253. The molecule has 0 heterocycles. The van der Waals surface area contributed by atoms with Crippen LogP contribution in [0.2, 0.25) is 0 Å². The summed E-state index contributed by atoms with van der Waals surface area (Å²) < 4.78 is 0. The highest BCUT2D eigenvalue weighted by atomic mass is 17.2. The second-order valence-corrected chi connectivity index (χ2v) is 2.48. The van der Waals surface area contributed by atoms with E-state index in [1.165, 1.54) is 0 Å². The fourth-order valence-corrected chi connectivity index (χ4v) is 0.316. The lowest BCUT2D eigenvalue weighted by Crippen LogP contribution is -2.27. The van der Waals surface area contributed by atoms with Crippen molar-refractivity contribution in [1.82, 2.24) is 4.90 Å². The molecule has 0 N–H and O–H groups in total. The minimum Gasteiger partial charge on any atom is -0.282 e. The van der Waals surface area contributed by atoms with E-state index in [1.54, 1.807) is 0 Å². The molecule has 0 aromatic rings. The number of rotatable bonds is 5. The van der Waals surface area contributed by atoms with Crippen LogP contribution in [-0.2, 0) is 9.78 Å². The summed E-state index contributed by atoms with van der Waals surface area (Å²) in [5.41, 5.74) is 0. The van der Waals surface area contributed by atoms with E-state index in [-0.39, 0.29) is 6.23 Å². The van der Waals surface area contributed by atoms with E-state index >= 15 is 0 Å². The van der Waals surface area contributed by atoms with Crippen LogP contribution >= 0.6 is 0 Å². The normalized spacial score (nSPS) is 14.1. The van der Waals surface area contributed by atoms with Gasteiger partial charge in [-0.25, -0.2) is 9.78 Å². The molecule has 3 nitrogen and oxygen atoms in total. The molecule has 0 rings (SSSR count). The fraction of sp³-hybridized carbons (Fsp3) is 1.00. The van der Waals surface area contributed by atoms with Crippen LogP contribution in [0.1, 0.15) is 20.3 Å². The highest BCUT2D eigenvalue weighted by Gasteiger charge is 2.03. The lowest BCUT2D eigenvalue weighted by atomic mass is 10.5. The first-order valence-electron chi connectivity index (χ1n) is 3.63. The molecular weight excluding hydrogens is 130 g/mol. The van der Waals surface area contributed by atoms with Gasteiger partial charge in [0.25, 0.3) is 0 Å². The van der Waals surface area contributed by atoms with Gasteiger partial charge in [0, 0.05) is 0 Å². The van der Waals surface area contributed by atoms with Crippen molar-refractivity contribution in [3.05, 3.63) is 0 Å². The summed E-state index contributed by atoms with van der Waals surface area (Å²) in [6.45, 7) is 4.65. The molecule has 0 aliphatic rings. The second-order valence-electron chi connectivity index (χ2n) is 2.48. The summed E-state index contributed by atoms with van der Waals surface area (Å²) in [6, 6.07) is 0. The van der Waals surface area contributed by atoms with Gasteiger partial charge < -0.3 is 0 Å². The van der Waals surface area contributed by atoms with Crippen molar-refractivity contribution < 1.29 is 9.78 Å². The van der Waals surface area contributed by atoms with E-state index in [2.05, 4.69) is 0 Å². The molecule has 0 saturated carbocycles. The van der Waals surface area contributed by atoms with Gasteiger partial charge in [0.2, 0.25) is 0 Å². The molecule has 0 aromatic carbocycles. The van der Waals surface area contributed by atoms with Crippen LogP contribution in [0.25, 0.3) is 0 Å². The summed E-state index contributed by atoms with van der Waals surface area (Å²) >= 11 is 0. The Bertz CT molecular complexity index is 76.0. The molecule has 0 amide bonds. The third-order valence-electron chi connectivity index (χ3n) is 1.22. The first kappa shape index (κ1) is 9.88. The van der Waals surface area contributed by atoms with Crippen molar-refractivity contribution >= 4 is 0 Å². The smallest absolute Gasteiger partial charge is 0.142 e. The van der Waals surface area contributed by atoms with Crippen molar-refractivity contribution in [3.8, 4) is 0 Å². The van der Waals surface area contributed by atoms with Gasteiger partial charge in [-0.15, -0.1) is 0 Å². The van der Waals surface area contributed by atoms with Crippen molar-refractivity contribution in [3.63, 3.8) is 0 Å². The molecule has 0 aliphatic heterocycles. The lowest BCUT2D eigenvalue weighted by molar-refractivity contribution is -0.343. The van der Waals surface area contributed by atoms with Crippen LogP contribution < -0.4 is 0 Å². The topological polar surface area (TPSA) is 21.7 Å². The van der Waals surface area contributed by atoms with Crippen LogP contribution in [-0.4, -0.2) is 31.8 Å². The van der Waals surface area contributed by atoms with Gasteiger partial charge in [-0.2, -0.15) is 0 Å². The maximum atomic E-state index is 4.97. The Labute approximate surface area is 62.8 Å². The van der Waals surface area contributed by atoms with Crippen LogP contribution in [0.5, 0.6) is 0 Å². The zero-order valence-electron chi connectivity index (χ0n) is 7.26. The number of hydrogen-bond acceptors (Lipinski definition) is 3. The van der Waals surface area contributed by atoms with Crippen molar-refractivity contribution in [1.29, 1.82) is 0 Å². The molecule has 0 radical (unpaired) electrons. The molecule has 3 heteroatoms. The summed E-state index contributed by atoms with van der Waals surface area (Å²) in [6.07, 6.45) is 1.02.